The first-order valence-electron chi connectivity index (χ1n) is 12.8. The lowest BCUT2D eigenvalue weighted by atomic mass is 9.66. The van der Waals surface area contributed by atoms with E-state index in [0.717, 1.165) is 102 Å². The number of rotatable bonds is 16. The van der Waals surface area contributed by atoms with Crippen LogP contribution in [0.15, 0.2) is 11.1 Å². The molecule has 0 fully saturated rings. The van der Waals surface area contributed by atoms with Crippen LogP contribution in [0, 0.1) is 56.7 Å². The van der Waals surface area contributed by atoms with Crippen molar-refractivity contribution in [1.29, 1.82) is 21.0 Å². The zero-order valence-corrected chi connectivity index (χ0v) is 21.5. The van der Waals surface area contributed by atoms with E-state index in [1.165, 1.54) is 0 Å². The molecule has 0 aliphatic carbocycles. The first-order chi connectivity index (χ1) is 15.5. The van der Waals surface area contributed by atoms with Gasteiger partial charge in [0.1, 0.15) is 23.6 Å². The van der Waals surface area contributed by atoms with Crippen molar-refractivity contribution in [2.45, 2.75) is 131 Å². The molecule has 0 bridgehead atoms. The second kappa shape index (κ2) is 21.9. The summed E-state index contributed by atoms with van der Waals surface area (Å²) < 4.78 is 0. The average Bonchev–Trinajstić information content (AvgIpc) is 2.82. The van der Waals surface area contributed by atoms with Crippen LogP contribution in [0.1, 0.15) is 131 Å². The van der Waals surface area contributed by atoms with E-state index in [1.54, 1.807) is 0 Å². The van der Waals surface area contributed by atoms with Gasteiger partial charge in [-0.2, -0.15) is 21.0 Å². The van der Waals surface area contributed by atoms with Crippen LogP contribution in [-0.4, -0.2) is 0 Å². The monoisotopic (exact) mass is 438 g/mol. The molecule has 0 saturated carbocycles. The van der Waals surface area contributed by atoms with Crippen LogP contribution in [0.4, 0.5) is 0 Å². The summed E-state index contributed by atoms with van der Waals surface area (Å²) in [5, 5.41) is 36.1. The van der Waals surface area contributed by atoms with E-state index < -0.39 is 5.92 Å². The van der Waals surface area contributed by atoms with Gasteiger partial charge in [0.15, 0.2) is 0 Å². The zero-order chi connectivity index (χ0) is 24.7. The van der Waals surface area contributed by atoms with Crippen molar-refractivity contribution < 1.29 is 0 Å². The van der Waals surface area contributed by atoms with Gasteiger partial charge in [-0.15, -0.1) is 0 Å². The number of allylic oxidation sites excluding steroid dienone is 2. The quantitative estimate of drug-likeness (QED) is 0.225. The predicted molar refractivity (Wildman–Crippen MR) is 133 cm³/mol. The summed E-state index contributed by atoms with van der Waals surface area (Å²) in [5.41, 5.74) is 1.34. The van der Waals surface area contributed by atoms with E-state index in [1.807, 2.05) is 12.1 Å². The first kappa shape index (κ1) is 31.9. The van der Waals surface area contributed by atoms with Crippen LogP contribution in [0.5, 0.6) is 0 Å². The van der Waals surface area contributed by atoms with Crippen molar-refractivity contribution in [2.24, 2.45) is 11.3 Å². The molecule has 0 rings (SSSR count). The maximum atomic E-state index is 9.29. The summed E-state index contributed by atoms with van der Waals surface area (Å²) >= 11 is 0. The molecule has 4 nitrogen and oxygen atoms in total. The molecule has 0 aromatic heterocycles. The summed E-state index contributed by atoms with van der Waals surface area (Å²) in [6, 6.07) is 8.49. The predicted octanol–water partition coefficient (Wildman–Crippen LogP) is 8.92. The number of hydrogen-bond donors (Lipinski definition) is 0. The van der Waals surface area contributed by atoms with Crippen LogP contribution in [0.3, 0.4) is 0 Å². The summed E-state index contributed by atoms with van der Waals surface area (Å²) in [5.74, 6) is -0.429. The Bertz CT molecular complexity index is 602. The Morgan fingerprint density at radius 1 is 0.594 bits per heavy atom. The number of unbranched alkanes of at least 4 members (excludes halogenated alkanes) is 5. The highest BCUT2D eigenvalue weighted by Crippen LogP contribution is 2.43. The van der Waals surface area contributed by atoms with E-state index in [0.29, 0.717) is 5.57 Å². The van der Waals surface area contributed by atoms with Gasteiger partial charge in [-0.25, -0.2) is 0 Å². The smallest absolute Gasteiger partial charge is 0.138 e. The van der Waals surface area contributed by atoms with E-state index in [-0.39, 0.29) is 5.41 Å². The lowest BCUT2D eigenvalue weighted by Crippen LogP contribution is -2.29. The Hall–Kier alpha value is -2.30. The van der Waals surface area contributed by atoms with Crippen LogP contribution in [0.25, 0.3) is 0 Å². The molecule has 0 aliphatic heterocycles. The highest BCUT2D eigenvalue weighted by atomic mass is 14.4. The highest BCUT2D eigenvalue weighted by Gasteiger charge is 2.37. The molecule has 0 aromatic rings. The number of hydrogen-bond acceptors (Lipinski definition) is 4. The van der Waals surface area contributed by atoms with Gasteiger partial charge in [0, 0.05) is 0 Å². The SMILES string of the molecule is CCCCC(CCCC)(CCCC)C(C#N)C#N.CCCCC(CCCC)=C(C#N)C#N. The molecule has 0 amide bonds. The summed E-state index contributed by atoms with van der Waals surface area (Å²) in [6.07, 6.45) is 16.1. The van der Waals surface area contributed by atoms with Gasteiger partial charge in [-0.05, 0) is 55.9 Å². The topological polar surface area (TPSA) is 95.2 Å². The second-order valence-corrected chi connectivity index (χ2v) is 8.77. The molecule has 0 aromatic carbocycles. The second-order valence-electron chi connectivity index (χ2n) is 8.77. The maximum absolute atomic E-state index is 9.29. The molecule has 0 atom stereocenters. The summed E-state index contributed by atoms with van der Waals surface area (Å²) in [6.45, 7) is 10.8. The van der Waals surface area contributed by atoms with Crippen LogP contribution >= 0.6 is 0 Å². The Kier molecular flexibility index (Phi) is 21.8. The third kappa shape index (κ3) is 13.2. The van der Waals surface area contributed by atoms with Gasteiger partial charge in [-0.3, -0.25) is 0 Å². The van der Waals surface area contributed by atoms with Crippen LogP contribution < -0.4 is 0 Å². The Balaban J connectivity index is 0. The third-order valence-electron chi connectivity index (χ3n) is 6.20. The third-order valence-corrected chi connectivity index (χ3v) is 6.20. The number of nitrogens with zero attached hydrogens (tertiary/aromatic N) is 4. The fourth-order valence-electron chi connectivity index (χ4n) is 4.04. The summed E-state index contributed by atoms with van der Waals surface area (Å²) in [4.78, 5) is 0. The minimum absolute atomic E-state index is 0.0501. The normalized spacial score (nSPS) is 10.2. The van der Waals surface area contributed by atoms with Gasteiger partial charge < -0.3 is 0 Å². The van der Waals surface area contributed by atoms with Crippen LogP contribution in [0.2, 0.25) is 0 Å². The van der Waals surface area contributed by atoms with Crippen molar-refractivity contribution in [3.05, 3.63) is 11.1 Å². The molecule has 0 spiro atoms. The fraction of sp³-hybridized carbons (Fsp3) is 0.786. The molecule has 0 heterocycles. The average molecular weight is 439 g/mol. The highest BCUT2D eigenvalue weighted by molar-refractivity contribution is 5.40. The van der Waals surface area contributed by atoms with Gasteiger partial charge in [0.05, 0.1) is 12.1 Å². The molecular formula is C28H46N4. The van der Waals surface area contributed by atoms with E-state index in [9.17, 15) is 10.5 Å². The minimum atomic E-state index is -0.429. The molecule has 0 N–H and O–H groups in total. The van der Waals surface area contributed by atoms with Crippen molar-refractivity contribution in [1.82, 2.24) is 0 Å². The first-order valence-corrected chi connectivity index (χ1v) is 12.8. The lowest BCUT2D eigenvalue weighted by molar-refractivity contribution is 0.166. The van der Waals surface area contributed by atoms with Crippen molar-refractivity contribution >= 4 is 0 Å². The molecule has 178 valence electrons. The van der Waals surface area contributed by atoms with Gasteiger partial charge >= 0.3 is 0 Å². The van der Waals surface area contributed by atoms with Gasteiger partial charge in [-0.1, -0.05) is 86.0 Å². The van der Waals surface area contributed by atoms with Crippen molar-refractivity contribution in [2.75, 3.05) is 0 Å². The van der Waals surface area contributed by atoms with E-state index >= 15 is 0 Å². The molecular weight excluding hydrogens is 392 g/mol. The molecule has 4 heteroatoms. The van der Waals surface area contributed by atoms with Crippen molar-refractivity contribution in [3.63, 3.8) is 0 Å². The van der Waals surface area contributed by atoms with Gasteiger partial charge in [0.2, 0.25) is 0 Å². The zero-order valence-electron chi connectivity index (χ0n) is 21.5. The molecule has 0 unspecified atom stereocenters. The van der Waals surface area contributed by atoms with Crippen molar-refractivity contribution in [3.8, 4) is 24.3 Å². The van der Waals surface area contributed by atoms with Gasteiger partial charge in [0.25, 0.3) is 0 Å². The molecule has 0 aliphatic rings. The van der Waals surface area contributed by atoms with E-state index in [2.05, 4.69) is 46.8 Å². The largest absolute Gasteiger partial charge is 0.197 e. The molecule has 0 radical (unpaired) electrons. The Labute approximate surface area is 198 Å². The van der Waals surface area contributed by atoms with Crippen LogP contribution in [-0.2, 0) is 0 Å². The standard InChI is InChI=1S/C16H28N2.C12H18N2/c1-4-7-10-16(11-8-5-2,12-9-6-3)15(13-17)14-18;1-3-5-7-11(8-6-4-2)12(9-13)10-14/h15H,4-12H2,1-3H3;3-8H2,1-2H3. The fourth-order valence-corrected chi connectivity index (χ4v) is 4.04. The Morgan fingerprint density at radius 2 is 0.938 bits per heavy atom. The molecule has 0 saturated heterocycles. The lowest BCUT2D eigenvalue weighted by Gasteiger charge is -2.35. The maximum Gasteiger partial charge on any atom is 0.138 e. The summed E-state index contributed by atoms with van der Waals surface area (Å²) in [7, 11) is 0. The number of nitriles is 4. The molecule has 32 heavy (non-hydrogen) atoms. The van der Waals surface area contributed by atoms with E-state index in [4.69, 9.17) is 10.5 Å². The minimum Gasteiger partial charge on any atom is -0.197 e. The Morgan fingerprint density at radius 3 is 1.19 bits per heavy atom.